The van der Waals surface area contributed by atoms with E-state index in [1.54, 1.807) is 54.6 Å². The van der Waals surface area contributed by atoms with E-state index in [0.29, 0.717) is 24.2 Å². The molecule has 4 amide bonds. The summed E-state index contributed by atoms with van der Waals surface area (Å²) < 4.78 is 11.1. The lowest BCUT2D eigenvalue weighted by atomic mass is 9.57. The first-order valence-corrected chi connectivity index (χ1v) is 16.5. The van der Waals surface area contributed by atoms with Crippen LogP contribution in [0.5, 0.6) is 28.7 Å². The molecule has 6 unspecified atom stereocenters. The number of rotatable bonds is 9. The van der Waals surface area contributed by atoms with Gasteiger partial charge in [-0.05, 0) is 67.0 Å². The zero-order valence-corrected chi connectivity index (χ0v) is 27.2. The quantitative estimate of drug-likeness (QED) is 0.228. The molecule has 7 rings (SSSR count). The molecule has 4 aliphatic rings. The Morgan fingerprint density at radius 1 is 0.673 bits per heavy atom. The van der Waals surface area contributed by atoms with Gasteiger partial charge in [-0.3, -0.25) is 29.0 Å². The molecule has 3 fully saturated rings. The van der Waals surface area contributed by atoms with Crippen LogP contribution in [0.3, 0.4) is 0 Å². The molecule has 0 radical (unpaired) electrons. The first-order valence-electron chi connectivity index (χ1n) is 16.5. The monoisotopic (exact) mass is 666 g/mol. The minimum Gasteiger partial charge on any atom is -0.508 e. The number of amides is 4. The molecule has 0 spiro atoms. The van der Waals surface area contributed by atoms with Crippen LogP contribution >= 0.6 is 0 Å². The molecule has 254 valence electrons. The molecule has 49 heavy (non-hydrogen) atoms. The maximum atomic E-state index is 14.3. The van der Waals surface area contributed by atoms with Crippen molar-refractivity contribution in [1.82, 2.24) is 9.80 Å². The van der Waals surface area contributed by atoms with Crippen LogP contribution in [-0.4, -0.2) is 76.1 Å². The normalized spacial score (nSPS) is 26.0. The third-order valence-electron chi connectivity index (χ3n) is 10.8. The van der Waals surface area contributed by atoms with E-state index in [1.807, 2.05) is 6.08 Å². The van der Waals surface area contributed by atoms with Crippen LogP contribution in [0.4, 0.5) is 0 Å². The topological polar surface area (TPSA) is 154 Å². The van der Waals surface area contributed by atoms with E-state index in [4.69, 9.17) is 9.47 Å². The molecule has 2 heterocycles. The SMILES string of the molecule is COc1cc(O)c(C2C3=CCC4C(=O)N(CCc5ccc(O)cc5)C(=O)C4C3CC3C(=O)N(CCc4ccc(O)cc4)C(=O)C32)c(OC)c1. The number of likely N-dealkylation sites (tertiary alicyclic amines) is 2. The summed E-state index contributed by atoms with van der Waals surface area (Å²) in [5.74, 6) is -4.75. The van der Waals surface area contributed by atoms with Gasteiger partial charge in [0.1, 0.15) is 28.7 Å². The van der Waals surface area contributed by atoms with E-state index < -0.39 is 35.5 Å². The van der Waals surface area contributed by atoms with E-state index >= 15 is 0 Å². The molecular weight excluding hydrogens is 628 g/mol. The molecule has 3 aromatic carbocycles. The highest BCUT2D eigenvalue weighted by atomic mass is 16.5. The summed E-state index contributed by atoms with van der Waals surface area (Å²) in [6.07, 6.45) is 3.25. The van der Waals surface area contributed by atoms with E-state index in [0.717, 1.165) is 16.7 Å². The van der Waals surface area contributed by atoms with Crippen molar-refractivity contribution in [3.05, 3.63) is 89.0 Å². The Morgan fingerprint density at radius 2 is 1.22 bits per heavy atom. The number of carbonyl (C=O) groups excluding carboxylic acids is 4. The number of hydrogen-bond acceptors (Lipinski definition) is 9. The number of imide groups is 2. The fraction of sp³-hybridized carbons (Fsp3) is 0.368. The Kier molecular flexibility index (Phi) is 8.30. The van der Waals surface area contributed by atoms with Crippen LogP contribution < -0.4 is 9.47 Å². The number of phenols is 3. The van der Waals surface area contributed by atoms with Crippen molar-refractivity contribution >= 4 is 23.6 Å². The fourth-order valence-corrected chi connectivity index (χ4v) is 8.47. The molecule has 11 heteroatoms. The summed E-state index contributed by atoms with van der Waals surface area (Å²) in [5.41, 5.74) is 2.82. The molecule has 11 nitrogen and oxygen atoms in total. The summed E-state index contributed by atoms with van der Waals surface area (Å²) >= 11 is 0. The number of methoxy groups -OCH3 is 2. The maximum Gasteiger partial charge on any atom is 0.234 e. The smallest absolute Gasteiger partial charge is 0.234 e. The van der Waals surface area contributed by atoms with E-state index in [-0.39, 0.29) is 72.6 Å². The zero-order valence-electron chi connectivity index (χ0n) is 27.2. The van der Waals surface area contributed by atoms with Gasteiger partial charge in [-0.2, -0.15) is 0 Å². The van der Waals surface area contributed by atoms with Crippen molar-refractivity contribution in [1.29, 1.82) is 0 Å². The summed E-state index contributed by atoms with van der Waals surface area (Å²) in [6.45, 7) is 0.314. The number of hydrogen-bond donors (Lipinski definition) is 3. The summed E-state index contributed by atoms with van der Waals surface area (Å²) in [4.78, 5) is 58.9. The van der Waals surface area contributed by atoms with Gasteiger partial charge < -0.3 is 24.8 Å². The number of nitrogens with zero attached hydrogens (tertiary/aromatic N) is 2. The first-order chi connectivity index (χ1) is 23.6. The molecule has 3 N–H and O–H groups in total. The summed E-state index contributed by atoms with van der Waals surface area (Å²) in [5, 5.41) is 30.8. The molecule has 2 aliphatic carbocycles. The lowest BCUT2D eigenvalue weighted by molar-refractivity contribution is -0.142. The molecule has 2 saturated heterocycles. The van der Waals surface area contributed by atoms with Crippen molar-refractivity contribution in [2.24, 2.45) is 29.6 Å². The van der Waals surface area contributed by atoms with Crippen LogP contribution in [-0.2, 0) is 32.0 Å². The van der Waals surface area contributed by atoms with Gasteiger partial charge in [0, 0.05) is 36.7 Å². The number of ether oxygens (including phenoxy) is 2. The highest BCUT2D eigenvalue weighted by Gasteiger charge is 2.62. The lowest BCUT2D eigenvalue weighted by Gasteiger charge is -2.44. The molecule has 6 atom stereocenters. The number of carbonyl (C=O) groups is 4. The standard InChI is InChI=1S/C38H38N2O9/c1-48-24-17-29(43)34(30(18-24)49-2)32-25-11-12-26-31(37(46)39(35(26)44)15-13-20-3-7-22(41)8-4-20)27(25)19-28-33(32)38(47)40(36(28)45)16-14-21-5-9-23(42)10-6-21/h3-11,17-18,26-28,31-33,41-43H,12-16,19H2,1-2H3. The summed E-state index contributed by atoms with van der Waals surface area (Å²) in [7, 11) is 2.92. The second-order valence-corrected chi connectivity index (χ2v) is 13.3. The Labute approximate surface area is 283 Å². The van der Waals surface area contributed by atoms with Gasteiger partial charge in [0.05, 0.1) is 37.9 Å². The minimum atomic E-state index is -0.850. The highest BCUT2D eigenvalue weighted by molar-refractivity contribution is 6.08. The number of aromatic hydroxyl groups is 3. The van der Waals surface area contributed by atoms with E-state index in [1.165, 1.54) is 30.1 Å². The maximum absolute atomic E-state index is 14.3. The predicted octanol–water partition coefficient (Wildman–Crippen LogP) is 3.94. The Hall–Kier alpha value is -5.32. The number of fused-ring (bicyclic) bond motifs is 4. The molecule has 0 bridgehead atoms. The first kappa shape index (κ1) is 32.2. The van der Waals surface area contributed by atoms with Gasteiger partial charge >= 0.3 is 0 Å². The van der Waals surface area contributed by atoms with E-state index in [2.05, 4.69) is 0 Å². The van der Waals surface area contributed by atoms with Crippen molar-refractivity contribution < 1.29 is 44.0 Å². The van der Waals surface area contributed by atoms with E-state index in [9.17, 15) is 34.5 Å². The fourth-order valence-electron chi connectivity index (χ4n) is 8.47. The van der Waals surface area contributed by atoms with Crippen LogP contribution in [0.25, 0.3) is 0 Å². The third-order valence-corrected chi connectivity index (χ3v) is 10.8. The zero-order chi connectivity index (χ0) is 34.6. The Balaban J connectivity index is 1.25. The average molecular weight is 667 g/mol. The molecular formula is C38H38N2O9. The average Bonchev–Trinajstić information content (AvgIpc) is 3.49. The summed E-state index contributed by atoms with van der Waals surface area (Å²) in [6, 6.07) is 16.3. The molecule has 3 aromatic rings. The third kappa shape index (κ3) is 5.47. The van der Waals surface area contributed by atoms with Gasteiger partial charge in [0.2, 0.25) is 23.6 Å². The second-order valence-electron chi connectivity index (χ2n) is 13.3. The van der Waals surface area contributed by atoms with Crippen molar-refractivity contribution in [2.45, 2.75) is 31.6 Å². The number of phenolic OH excluding ortho intramolecular Hbond substituents is 3. The van der Waals surface area contributed by atoms with Crippen LogP contribution in [0.2, 0.25) is 0 Å². The largest absolute Gasteiger partial charge is 0.508 e. The number of benzene rings is 3. The van der Waals surface area contributed by atoms with Gasteiger partial charge in [-0.1, -0.05) is 35.9 Å². The Morgan fingerprint density at radius 3 is 1.78 bits per heavy atom. The highest BCUT2D eigenvalue weighted by Crippen LogP contribution is 2.60. The van der Waals surface area contributed by atoms with Crippen LogP contribution in [0.15, 0.2) is 72.3 Å². The minimum absolute atomic E-state index is 0.118. The molecule has 1 saturated carbocycles. The van der Waals surface area contributed by atoms with Crippen LogP contribution in [0.1, 0.15) is 35.4 Å². The second kappa shape index (κ2) is 12.6. The van der Waals surface area contributed by atoms with Gasteiger partial charge in [-0.15, -0.1) is 0 Å². The van der Waals surface area contributed by atoms with Gasteiger partial charge in [0.25, 0.3) is 0 Å². The lowest BCUT2D eigenvalue weighted by Crippen LogP contribution is -2.43. The molecule has 0 aromatic heterocycles. The van der Waals surface area contributed by atoms with Gasteiger partial charge in [0.15, 0.2) is 0 Å². The van der Waals surface area contributed by atoms with Crippen molar-refractivity contribution in [3.63, 3.8) is 0 Å². The molecule has 2 aliphatic heterocycles. The van der Waals surface area contributed by atoms with Crippen molar-refractivity contribution in [3.8, 4) is 28.7 Å². The van der Waals surface area contributed by atoms with Crippen LogP contribution in [0, 0.1) is 29.6 Å². The van der Waals surface area contributed by atoms with Crippen molar-refractivity contribution in [2.75, 3.05) is 27.3 Å². The number of allylic oxidation sites excluding steroid dienone is 2. The van der Waals surface area contributed by atoms with Gasteiger partial charge in [-0.25, -0.2) is 0 Å². The predicted molar refractivity (Wildman–Crippen MR) is 176 cm³/mol. The Bertz CT molecular complexity index is 1850.